The third-order valence-corrected chi connectivity index (χ3v) is 2.56. The fourth-order valence-electron chi connectivity index (χ4n) is 1.24. The molecule has 0 spiro atoms. The number of hydrogen-bond donors (Lipinski definition) is 1. The van der Waals surface area contributed by atoms with E-state index in [1.807, 2.05) is 18.2 Å². The summed E-state index contributed by atoms with van der Waals surface area (Å²) in [5, 5.41) is 0.802. The van der Waals surface area contributed by atoms with E-state index < -0.39 is 5.69 Å². The first-order chi connectivity index (χ1) is 7.18. The SMILES string of the molecule is O=c1ncc(-c2ccccc2Cl)c(Cl)[nH]1. The first-order valence-electron chi connectivity index (χ1n) is 4.18. The summed E-state index contributed by atoms with van der Waals surface area (Å²) in [4.78, 5) is 16.9. The van der Waals surface area contributed by atoms with Crippen molar-refractivity contribution >= 4 is 23.2 Å². The Kier molecular flexibility index (Phi) is 2.75. The van der Waals surface area contributed by atoms with Crippen molar-refractivity contribution in [3.63, 3.8) is 0 Å². The number of rotatable bonds is 1. The summed E-state index contributed by atoms with van der Waals surface area (Å²) in [5.41, 5.74) is 0.880. The van der Waals surface area contributed by atoms with E-state index >= 15 is 0 Å². The zero-order valence-electron chi connectivity index (χ0n) is 7.50. The van der Waals surface area contributed by atoms with E-state index in [0.29, 0.717) is 10.6 Å². The first kappa shape index (κ1) is 10.2. The number of H-pyrrole nitrogens is 1. The van der Waals surface area contributed by atoms with Gasteiger partial charge in [-0.05, 0) is 6.07 Å². The lowest BCUT2D eigenvalue weighted by atomic mass is 10.1. The summed E-state index contributed by atoms with van der Waals surface area (Å²) in [6, 6.07) is 7.21. The van der Waals surface area contributed by atoms with E-state index in [2.05, 4.69) is 9.97 Å². The van der Waals surface area contributed by atoms with Crippen LogP contribution in [0.25, 0.3) is 11.1 Å². The van der Waals surface area contributed by atoms with E-state index in [1.54, 1.807) is 6.07 Å². The van der Waals surface area contributed by atoms with Crippen molar-refractivity contribution in [2.75, 3.05) is 0 Å². The number of hydrogen-bond acceptors (Lipinski definition) is 2. The Bertz CT molecular complexity index is 551. The third-order valence-electron chi connectivity index (χ3n) is 1.93. The standard InChI is InChI=1S/C10H6Cl2N2O/c11-8-4-2-1-3-6(8)7-5-13-10(15)14-9(7)12/h1-5H,(H,13,14,15). The van der Waals surface area contributed by atoms with E-state index in [0.717, 1.165) is 5.56 Å². The number of benzene rings is 1. The second-order valence-corrected chi connectivity index (χ2v) is 3.68. The molecule has 3 nitrogen and oxygen atoms in total. The smallest absolute Gasteiger partial charge is 0.296 e. The largest absolute Gasteiger partial charge is 0.346 e. The highest BCUT2D eigenvalue weighted by Crippen LogP contribution is 2.30. The molecule has 0 saturated carbocycles. The minimum atomic E-state index is -0.476. The second-order valence-electron chi connectivity index (χ2n) is 2.90. The van der Waals surface area contributed by atoms with Gasteiger partial charge in [-0.1, -0.05) is 41.4 Å². The van der Waals surface area contributed by atoms with Gasteiger partial charge in [-0.15, -0.1) is 0 Å². The predicted molar refractivity (Wildman–Crippen MR) is 60.3 cm³/mol. The lowest BCUT2D eigenvalue weighted by Gasteiger charge is -2.04. The summed E-state index contributed by atoms with van der Waals surface area (Å²) in [6.07, 6.45) is 1.41. The van der Waals surface area contributed by atoms with E-state index in [4.69, 9.17) is 23.2 Å². The van der Waals surface area contributed by atoms with Crippen LogP contribution >= 0.6 is 23.2 Å². The summed E-state index contributed by atoms with van der Waals surface area (Å²) >= 11 is 11.9. The summed E-state index contributed by atoms with van der Waals surface area (Å²) < 4.78 is 0. The highest BCUT2D eigenvalue weighted by atomic mass is 35.5. The molecule has 1 aromatic carbocycles. The van der Waals surface area contributed by atoms with Gasteiger partial charge in [0.2, 0.25) is 0 Å². The Labute approximate surface area is 95.7 Å². The molecule has 15 heavy (non-hydrogen) atoms. The molecule has 5 heteroatoms. The summed E-state index contributed by atoms with van der Waals surface area (Å²) in [5.74, 6) is 0. The third kappa shape index (κ3) is 2.03. The maximum atomic E-state index is 10.9. The van der Waals surface area contributed by atoms with Crippen LogP contribution in [-0.2, 0) is 0 Å². The molecule has 1 aromatic heterocycles. The molecule has 1 heterocycles. The van der Waals surface area contributed by atoms with Crippen LogP contribution in [0.3, 0.4) is 0 Å². The van der Waals surface area contributed by atoms with Gasteiger partial charge >= 0.3 is 5.69 Å². The van der Waals surface area contributed by atoms with Gasteiger partial charge in [-0.25, -0.2) is 9.78 Å². The minimum absolute atomic E-state index is 0.239. The Morgan fingerprint density at radius 2 is 1.87 bits per heavy atom. The molecule has 0 bridgehead atoms. The molecule has 0 amide bonds. The molecular formula is C10H6Cl2N2O. The Morgan fingerprint density at radius 1 is 1.13 bits per heavy atom. The van der Waals surface area contributed by atoms with Crippen molar-refractivity contribution in [3.8, 4) is 11.1 Å². The average molecular weight is 241 g/mol. The number of nitrogens with one attached hydrogen (secondary N) is 1. The number of halogens is 2. The quantitative estimate of drug-likeness (QED) is 0.780. The molecule has 0 aliphatic rings. The van der Waals surface area contributed by atoms with Gasteiger partial charge < -0.3 is 0 Å². The molecule has 76 valence electrons. The monoisotopic (exact) mass is 240 g/mol. The van der Waals surface area contributed by atoms with E-state index in [1.165, 1.54) is 6.20 Å². The van der Waals surface area contributed by atoms with Crippen molar-refractivity contribution in [1.82, 2.24) is 9.97 Å². The van der Waals surface area contributed by atoms with Crippen molar-refractivity contribution < 1.29 is 0 Å². The average Bonchev–Trinajstić information content (AvgIpc) is 2.20. The number of aromatic nitrogens is 2. The summed E-state index contributed by atoms with van der Waals surface area (Å²) in [7, 11) is 0. The highest BCUT2D eigenvalue weighted by molar-refractivity contribution is 6.35. The van der Waals surface area contributed by atoms with Crippen molar-refractivity contribution in [2.24, 2.45) is 0 Å². The predicted octanol–water partition coefficient (Wildman–Crippen LogP) is 2.74. The summed E-state index contributed by atoms with van der Waals surface area (Å²) in [6.45, 7) is 0. The van der Waals surface area contributed by atoms with Crippen LogP contribution in [0.1, 0.15) is 0 Å². The molecule has 0 atom stereocenters. The van der Waals surface area contributed by atoms with Crippen LogP contribution < -0.4 is 5.69 Å². The van der Waals surface area contributed by atoms with Crippen LogP contribution in [0.2, 0.25) is 10.2 Å². The van der Waals surface area contributed by atoms with Crippen LogP contribution in [0.15, 0.2) is 35.3 Å². The molecule has 0 aliphatic heterocycles. The second kappa shape index (κ2) is 4.04. The topological polar surface area (TPSA) is 45.8 Å². The molecule has 0 radical (unpaired) electrons. The van der Waals surface area contributed by atoms with Crippen LogP contribution in [0.5, 0.6) is 0 Å². The van der Waals surface area contributed by atoms with E-state index in [9.17, 15) is 4.79 Å². The fraction of sp³-hybridized carbons (Fsp3) is 0. The molecular weight excluding hydrogens is 235 g/mol. The van der Waals surface area contributed by atoms with Crippen LogP contribution in [-0.4, -0.2) is 9.97 Å². The van der Waals surface area contributed by atoms with Gasteiger partial charge in [-0.2, -0.15) is 0 Å². The molecule has 2 aromatic rings. The van der Waals surface area contributed by atoms with Crippen molar-refractivity contribution in [3.05, 3.63) is 51.1 Å². The van der Waals surface area contributed by atoms with Crippen LogP contribution in [0.4, 0.5) is 0 Å². The Morgan fingerprint density at radius 3 is 2.53 bits per heavy atom. The van der Waals surface area contributed by atoms with Gasteiger partial charge in [0, 0.05) is 22.3 Å². The lowest BCUT2D eigenvalue weighted by Crippen LogP contribution is -2.09. The van der Waals surface area contributed by atoms with Gasteiger partial charge in [0.15, 0.2) is 0 Å². The van der Waals surface area contributed by atoms with Gasteiger partial charge in [-0.3, -0.25) is 4.98 Å². The molecule has 0 unspecified atom stereocenters. The van der Waals surface area contributed by atoms with Gasteiger partial charge in [0.25, 0.3) is 0 Å². The minimum Gasteiger partial charge on any atom is -0.296 e. The molecule has 0 fully saturated rings. The van der Waals surface area contributed by atoms with Crippen molar-refractivity contribution in [2.45, 2.75) is 0 Å². The Balaban J connectivity index is 2.65. The van der Waals surface area contributed by atoms with Gasteiger partial charge in [0.1, 0.15) is 5.15 Å². The molecule has 0 aliphatic carbocycles. The number of aromatic amines is 1. The molecule has 2 rings (SSSR count). The molecule has 1 N–H and O–H groups in total. The zero-order valence-corrected chi connectivity index (χ0v) is 9.01. The maximum Gasteiger partial charge on any atom is 0.346 e. The highest BCUT2D eigenvalue weighted by Gasteiger charge is 2.07. The molecule has 0 saturated heterocycles. The first-order valence-corrected chi connectivity index (χ1v) is 4.94. The van der Waals surface area contributed by atoms with E-state index in [-0.39, 0.29) is 5.15 Å². The maximum absolute atomic E-state index is 10.9. The zero-order chi connectivity index (χ0) is 10.8. The fourth-order valence-corrected chi connectivity index (χ4v) is 1.71. The lowest BCUT2D eigenvalue weighted by molar-refractivity contribution is 1.08. The number of nitrogens with zero attached hydrogens (tertiary/aromatic N) is 1. The Hall–Kier alpha value is -1.32. The van der Waals surface area contributed by atoms with Gasteiger partial charge in [0.05, 0.1) is 0 Å². The normalized spacial score (nSPS) is 10.3. The van der Waals surface area contributed by atoms with Crippen LogP contribution in [0, 0.1) is 0 Å². The van der Waals surface area contributed by atoms with Crippen molar-refractivity contribution in [1.29, 1.82) is 0 Å².